The van der Waals surface area contributed by atoms with Crippen molar-refractivity contribution in [1.29, 1.82) is 0 Å². The summed E-state index contributed by atoms with van der Waals surface area (Å²) in [4.78, 5) is 39.1. The van der Waals surface area contributed by atoms with Crippen molar-refractivity contribution in [2.24, 2.45) is 0 Å². The van der Waals surface area contributed by atoms with Crippen LogP contribution < -0.4 is 5.32 Å². The van der Waals surface area contributed by atoms with Gasteiger partial charge in [-0.15, -0.1) is 18.3 Å². The van der Waals surface area contributed by atoms with Gasteiger partial charge in [0.1, 0.15) is 0 Å². The van der Waals surface area contributed by atoms with Gasteiger partial charge in [0.2, 0.25) is 5.91 Å². The van der Waals surface area contributed by atoms with E-state index in [0.717, 1.165) is 16.3 Å². The molecular weight excluding hydrogens is 360 g/mol. The van der Waals surface area contributed by atoms with E-state index in [0.29, 0.717) is 17.5 Å². The Morgan fingerprint density at radius 1 is 1.04 bits per heavy atom. The van der Waals surface area contributed by atoms with Crippen LogP contribution in [0.25, 0.3) is 0 Å². The average molecular weight is 380 g/mol. The first kappa shape index (κ1) is 18.9. The Bertz CT molecular complexity index is 860. The van der Waals surface area contributed by atoms with E-state index in [4.69, 9.17) is 0 Å². The number of benzene rings is 2. The van der Waals surface area contributed by atoms with E-state index < -0.39 is 0 Å². The Morgan fingerprint density at radius 2 is 1.67 bits per heavy atom. The third-order valence-electron chi connectivity index (χ3n) is 4.18. The number of rotatable bonds is 8. The van der Waals surface area contributed by atoms with Gasteiger partial charge in [-0.25, -0.2) is 0 Å². The van der Waals surface area contributed by atoms with Gasteiger partial charge in [-0.3, -0.25) is 19.3 Å². The van der Waals surface area contributed by atoms with Crippen LogP contribution in [0, 0.1) is 0 Å². The molecule has 0 aromatic heterocycles. The molecule has 0 saturated heterocycles. The molecule has 2 aromatic rings. The van der Waals surface area contributed by atoms with Gasteiger partial charge >= 0.3 is 0 Å². The lowest BCUT2D eigenvalue weighted by atomic mass is 10.1. The summed E-state index contributed by atoms with van der Waals surface area (Å²) >= 11 is 1.60. The highest BCUT2D eigenvalue weighted by Gasteiger charge is 2.34. The third-order valence-corrected chi connectivity index (χ3v) is 5.25. The molecule has 1 N–H and O–H groups in total. The van der Waals surface area contributed by atoms with Crippen LogP contribution in [0.4, 0.5) is 5.69 Å². The van der Waals surface area contributed by atoms with E-state index in [1.165, 1.54) is 4.90 Å². The summed E-state index contributed by atoms with van der Waals surface area (Å²) in [5.41, 5.74) is 1.62. The molecule has 3 amide bonds. The Morgan fingerprint density at radius 3 is 2.33 bits per heavy atom. The van der Waals surface area contributed by atoms with Crippen molar-refractivity contribution in [2.75, 3.05) is 17.6 Å². The number of carbonyl (C=O) groups is 3. The molecule has 0 fully saturated rings. The summed E-state index contributed by atoms with van der Waals surface area (Å²) in [5, 5.41) is 2.90. The van der Waals surface area contributed by atoms with Crippen molar-refractivity contribution >= 4 is 35.2 Å². The number of hydrogen-bond donors (Lipinski definition) is 1. The molecule has 27 heavy (non-hydrogen) atoms. The van der Waals surface area contributed by atoms with Gasteiger partial charge in [0.25, 0.3) is 11.8 Å². The molecule has 0 atom stereocenters. The lowest BCUT2D eigenvalue weighted by molar-refractivity contribution is -0.116. The maximum atomic E-state index is 12.3. The van der Waals surface area contributed by atoms with Gasteiger partial charge in [-0.1, -0.05) is 30.3 Å². The van der Waals surface area contributed by atoms with E-state index in [2.05, 4.69) is 11.9 Å². The first-order chi connectivity index (χ1) is 13.1. The molecule has 2 aromatic carbocycles. The summed E-state index contributed by atoms with van der Waals surface area (Å²) in [6.07, 6.45) is 2.46. The van der Waals surface area contributed by atoms with Crippen LogP contribution >= 0.6 is 11.8 Å². The largest absolute Gasteiger partial charge is 0.325 e. The Labute approximate surface area is 162 Å². The fourth-order valence-corrected chi connectivity index (χ4v) is 3.64. The number of imide groups is 1. The van der Waals surface area contributed by atoms with Gasteiger partial charge in [-0.2, -0.15) is 0 Å². The number of nitrogens with zero attached hydrogens (tertiary/aromatic N) is 1. The molecule has 0 saturated carbocycles. The van der Waals surface area contributed by atoms with E-state index in [1.54, 1.807) is 36.0 Å². The molecule has 0 aliphatic carbocycles. The van der Waals surface area contributed by atoms with E-state index in [-0.39, 0.29) is 30.7 Å². The highest BCUT2D eigenvalue weighted by atomic mass is 32.2. The van der Waals surface area contributed by atoms with Crippen LogP contribution in [-0.4, -0.2) is 34.9 Å². The van der Waals surface area contributed by atoms with Crippen LogP contribution in [0.5, 0.6) is 0 Å². The molecule has 3 rings (SSSR count). The minimum absolute atomic E-state index is 0.140. The summed E-state index contributed by atoms with van der Waals surface area (Å²) < 4.78 is 0. The molecule has 1 heterocycles. The maximum absolute atomic E-state index is 12.3. The molecule has 1 aliphatic rings. The molecule has 6 heteroatoms. The standard InChI is InChI=1S/C21H20N2O3S/c1-2-14-27-18-11-6-5-10-17(18)22-19(24)12-7-13-23-20(25)15-8-3-4-9-16(15)21(23)26/h2-6,8-11H,1,7,12-14H2,(H,22,24). The van der Waals surface area contributed by atoms with Crippen molar-refractivity contribution in [3.63, 3.8) is 0 Å². The van der Waals surface area contributed by atoms with Crippen LogP contribution in [0.3, 0.4) is 0 Å². The molecule has 0 spiro atoms. The van der Waals surface area contributed by atoms with Crippen LogP contribution in [-0.2, 0) is 4.79 Å². The first-order valence-corrected chi connectivity index (χ1v) is 9.68. The second-order valence-electron chi connectivity index (χ2n) is 6.06. The Balaban J connectivity index is 1.53. The van der Waals surface area contributed by atoms with Gasteiger partial charge in [0.05, 0.1) is 16.8 Å². The first-order valence-electron chi connectivity index (χ1n) is 8.69. The fourth-order valence-electron chi connectivity index (χ4n) is 2.90. The maximum Gasteiger partial charge on any atom is 0.261 e. The van der Waals surface area contributed by atoms with Crippen LogP contribution in [0.2, 0.25) is 0 Å². The zero-order valence-corrected chi connectivity index (χ0v) is 15.6. The lowest BCUT2D eigenvalue weighted by Crippen LogP contribution is -2.31. The number of amides is 3. The minimum atomic E-state index is -0.290. The predicted octanol–water partition coefficient (Wildman–Crippen LogP) is 3.98. The second-order valence-corrected chi connectivity index (χ2v) is 7.12. The van der Waals surface area contributed by atoms with Gasteiger partial charge in [0.15, 0.2) is 0 Å². The fraction of sp³-hybridized carbons (Fsp3) is 0.190. The van der Waals surface area contributed by atoms with Gasteiger partial charge in [-0.05, 0) is 30.7 Å². The smallest absolute Gasteiger partial charge is 0.261 e. The summed E-state index contributed by atoms with van der Waals surface area (Å²) in [7, 11) is 0. The van der Waals surface area contributed by atoms with Crippen molar-refractivity contribution < 1.29 is 14.4 Å². The number of thioether (sulfide) groups is 1. The number of nitrogens with one attached hydrogen (secondary N) is 1. The Hall–Kier alpha value is -2.86. The third kappa shape index (κ3) is 4.28. The second kappa shape index (κ2) is 8.68. The van der Waals surface area contributed by atoms with Crippen molar-refractivity contribution in [2.45, 2.75) is 17.7 Å². The van der Waals surface area contributed by atoms with Gasteiger partial charge in [0, 0.05) is 23.6 Å². The molecule has 1 aliphatic heterocycles. The number of carbonyl (C=O) groups excluding carboxylic acids is 3. The minimum Gasteiger partial charge on any atom is -0.325 e. The summed E-state index contributed by atoms with van der Waals surface area (Å²) in [5.74, 6) is 0.0368. The van der Waals surface area contributed by atoms with E-state index in [1.807, 2.05) is 30.3 Å². The molecule has 0 radical (unpaired) electrons. The topological polar surface area (TPSA) is 66.5 Å². The number of anilines is 1. The van der Waals surface area contributed by atoms with Crippen LogP contribution in [0.1, 0.15) is 33.6 Å². The monoisotopic (exact) mass is 380 g/mol. The quantitative estimate of drug-likeness (QED) is 0.427. The number of fused-ring (bicyclic) bond motifs is 1. The molecule has 0 bridgehead atoms. The van der Waals surface area contributed by atoms with Crippen molar-refractivity contribution in [3.05, 3.63) is 72.3 Å². The molecule has 138 valence electrons. The van der Waals surface area contributed by atoms with E-state index >= 15 is 0 Å². The molecule has 5 nitrogen and oxygen atoms in total. The summed E-state index contributed by atoms with van der Waals surface area (Å²) in [6, 6.07) is 14.4. The highest BCUT2D eigenvalue weighted by Crippen LogP contribution is 2.27. The van der Waals surface area contributed by atoms with Crippen LogP contribution in [0.15, 0.2) is 66.1 Å². The number of hydrogen-bond acceptors (Lipinski definition) is 4. The van der Waals surface area contributed by atoms with Crippen molar-refractivity contribution in [3.8, 4) is 0 Å². The lowest BCUT2D eigenvalue weighted by Gasteiger charge is -2.14. The van der Waals surface area contributed by atoms with E-state index in [9.17, 15) is 14.4 Å². The highest BCUT2D eigenvalue weighted by molar-refractivity contribution is 7.99. The molecular formula is C21H20N2O3S. The van der Waals surface area contributed by atoms with Gasteiger partial charge < -0.3 is 5.32 Å². The zero-order valence-electron chi connectivity index (χ0n) is 14.8. The average Bonchev–Trinajstić information content (AvgIpc) is 2.92. The normalized spacial score (nSPS) is 12.8. The Kier molecular flexibility index (Phi) is 6.08. The molecule has 0 unspecified atom stereocenters. The predicted molar refractivity (Wildman–Crippen MR) is 107 cm³/mol. The number of para-hydroxylation sites is 1. The van der Waals surface area contributed by atoms with Crippen molar-refractivity contribution in [1.82, 2.24) is 4.90 Å². The summed E-state index contributed by atoms with van der Waals surface area (Å²) in [6.45, 7) is 3.93. The SMILES string of the molecule is C=CCSc1ccccc1NC(=O)CCCN1C(=O)c2ccccc2C1=O. The zero-order chi connectivity index (χ0) is 19.2.